The number of fused-ring (bicyclic) bond motifs is 1. The maximum absolute atomic E-state index is 12.6. The van der Waals surface area contributed by atoms with Gasteiger partial charge in [-0.2, -0.15) is 5.10 Å². The first-order valence-electron chi connectivity index (χ1n) is 7.93. The number of benzene rings is 2. The SMILES string of the molecule is O=C(Nc1nc2ccc(Cl)cc2s1)C1=NN(c2ccccc2)C(=O)CC1. The maximum atomic E-state index is 12.6. The van der Waals surface area contributed by atoms with Gasteiger partial charge in [0.25, 0.3) is 5.91 Å². The number of carbonyl (C=O) groups is 2. The first kappa shape index (κ1) is 16.7. The molecule has 2 aromatic carbocycles. The lowest BCUT2D eigenvalue weighted by atomic mass is 10.1. The molecule has 130 valence electrons. The number of nitrogens with one attached hydrogen (secondary N) is 1. The average molecular weight is 385 g/mol. The second-order valence-corrected chi connectivity index (χ2v) is 7.14. The van der Waals surface area contributed by atoms with Gasteiger partial charge in [-0.1, -0.05) is 41.1 Å². The molecule has 6 nitrogen and oxygen atoms in total. The Kier molecular flexibility index (Phi) is 4.40. The van der Waals surface area contributed by atoms with E-state index >= 15 is 0 Å². The molecule has 0 spiro atoms. The van der Waals surface area contributed by atoms with Gasteiger partial charge in [0.1, 0.15) is 5.71 Å². The van der Waals surface area contributed by atoms with Crippen LogP contribution >= 0.6 is 22.9 Å². The van der Waals surface area contributed by atoms with E-state index in [9.17, 15) is 9.59 Å². The lowest BCUT2D eigenvalue weighted by Crippen LogP contribution is -2.36. The molecule has 2 amide bonds. The highest BCUT2D eigenvalue weighted by Gasteiger charge is 2.26. The van der Waals surface area contributed by atoms with Gasteiger partial charge in [-0.15, -0.1) is 0 Å². The molecule has 1 N–H and O–H groups in total. The first-order chi connectivity index (χ1) is 12.6. The van der Waals surface area contributed by atoms with Crippen molar-refractivity contribution in [2.24, 2.45) is 5.10 Å². The Labute approximate surface area is 158 Å². The minimum absolute atomic E-state index is 0.137. The second-order valence-electron chi connectivity index (χ2n) is 5.67. The molecular weight excluding hydrogens is 372 g/mol. The van der Waals surface area contributed by atoms with Gasteiger partial charge in [0.15, 0.2) is 5.13 Å². The van der Waals surface area contributed by atoms with E-state index in [4.69, 9.17) is 11.6 Å². The van der Waals surface area contributed by atoms with Gasteiger partial charge in [0, 0.05) is 17.9 Å². The topological polar surface area (TPSA) is 74.7 Å². The smallest absolute Gasteiger partial charge is 0.273 e. The highest BCUT2D eigenvalue weighted by atomic mass is 35.5. The van der Waals surface area contributed by atoms with Crippen LogP contribution in [0.3, 0.4) is 0 Å². The number of nitrogens with zero attached hydrogens (tertiary/aromatic N) is 3. The molecule has 0 radical (unpaired) electrons. The number of hydrogen-bond acceptors (Lipinski definition) is 5. The fourth-order valence-electron chi connectivity index (χ4n) is 2.61. The van der Waals surface area contributed by atoms with Crippen molar-refractivity contribution in [3.8, 4) is 0 Å². The number of thiazole rings is 1. The Morgan fingerprint density at radius 1 is 1.15 bits per heavy atom. The van der Waals surface area contributed by atoms with Crippen LogP contribution in [0.1, 0.15) is 12.8 Å². The van der Waals surface area contributed by atoms with Crippen molar-refractivity contribution in [1.29, 1.82) is 0 Å². The molecule has 0 atom stereocenters. The van der Waals surface area contributed by atoms with Gasteiger partial charge in [0.2, 0.25) is 5.91 Å². The molecule has 0 saturated carbocycles. The summed E-state index contributed by atoms with van der Waals surface area (Å²) >= 11 is 7.32. The monoisotopic (exact) mass is 384 g/mol. The lowest BCUT2D eigenvalue weighted by molar-refractivity contribution is -0.118. The zero-order chi connectivity index (χ0) is 18.1. The molecule has 1 aliphatic rings. The van der Waals surface area contributed by atoms with Crippen molar-refractivity contribution in [2.75, 3.05) is 10.3 Å². The first-order valence-corrected chi connectivity index (χ1v) is 9.12. The van der Waals surface area contributed by atoms with Crippen molar-refractivity contribution in [1.82, 2.24) is 4.98 Å². The molecule has 0 fully saturated rings. The molecule has 2 heterocycles. The molecule has 0 unspecified atom stereocenters. The third kappa shape index (κ3) is 3.31. The van der Waals surface area contributed by atoms with Gasteiger partial charge in [-0.05, 0) is 30.3 Å². The molecule has 4 rings (SSSR count). The summed E-state index contributed by atoms with van der Waals surface area (Å²) in [6, 6.07) is 14.4. The van der Waals surface area contributed by atoms with Gasteiger partial charge >= 0.3 is 0 Å². The number of para-hydroxylation sites is 1. The number of halogens is 1. The quantitative estimate of drug-likeness (QED) is 0.739. The normalized spacial score (nSPS) is 14.4. The lowest BCUT2D eigenvalue weighted by Gasteiger charge is -2.22. The number of amides is 2. The summed E-state index contributed by atoms with van der Waals surface area (Å²) < 4.78 is 0.888. The third-order valence-electron chi connectivity index (χ3n) is 3.87. The number of hydrazone groups is 1. The van der Waals surface area contributed by atoms with Crippen molar-refractivity contribution in [3.63, 3.8) is 0 Å². The van der Waals surface area contributed by atoms with Crippen LogP contribution in [0.25, 0.3) is 10.2 Å². The Morgan fingerprint density at radius 3 is 2.77 bits per heavy atom. The molecule has 0 bridgehead atoms. The minimum Gasteiger partial charge on any atom is -0.297 e. The molecule has 1 aliphatic heterocycles. The third-order valence-corrected chi connectivity index (χ3v) is 5.04. The summed E-state index contributed by atoms with van der Waals surface area (Å²) in [6.07, 6.45) is 0.529. The van der Waals surface area contributed by atoms with Crippen LogP contribution < -0.4 is 10.3 Å². The summed E-state index contributed by atoms with van der Waals surface area (Å²) in [5.41, 5.74) is 1.70. The number of anilines is 2. The zero-order valence-corrected chi connectivity index (χ0v) is 15.0. The fourth-order valence-corrected chi connectivity index (χ4v) is 3.75. The van der Waals surface area contributed by atoms with E-state index in [-0.39, 0.29) is 18.2 Å². The Hall–Kier alpha value is -2.77. The van der Waals surface area contributed by atoms with Gasteiger partial charge < -0.3 is 0 Å². The highest BCUT2D eigenvalue weighted by Crippen LogP contribution is 2.28. The summed E-state index contributed by atoms with van der Waals surface area (Å²) in [5.74, 6) is -0.494. The van der Waals surface area contributed by atoms with E-state index in [1.807, 2.05) is 18.2 Å². The Bertz CT molecular complexity index is 1030. The van der Waals surface area contributed by atoms with Gasteiger partial charge in [0.05, 0.1) is 15.9 Å². The van der Waals surface area contributed by atoms with E-state index in [2.05, 4.69) is 15.4 Å². The molecule has 3 aromatic rings. The van der Waals surface area contributed by atoms with Crippen molar-refractivity contribution in [3.05, 3.63) is 53.6 Å². The van der Waals surface area contributed by atoms with E-state index < -0.39 is 0 Å². The summed E-state index contributed by atoms with van der Waals surface area (Å²) in [6.45, 7) is 0. The zero-order valence-electron chi connectivity index (χ0n) is 13.5. The summed E-state index contributed by atoms with van der Waals surface area (Å²) in [7, 11) is 0. The van der Waals surface area contributed by atoms with Crippen LogP contribution in [0.15, 0.2) is 53.6 Å². The number of aromatic nitrogens is 1. The number of rotatable bonds is 3. The molecule has 0 aliphatic carbocycles. The predicted molar refractivity (Wildman–Crippen MR) is 104 cm³/mol. The standard InChI is InChI=1S/C18H13ClN4O2S/c19-11-6-7-13-15(10-11)26-18(20-13)21-17(25)14-8-9-16(24)23(22-14)12-4-2-1-3-5-12/h1-7,10H,8-9H2,(H,20,21,25). The molecule has 8 heteroatoms. The summed E-state index contributed by atoms with van der Waals surface area (Å²) in [4.78, 5) is 29.1. The van der Waals surface area contributed by atoms with Crippen molar-refractivity contribution < 1.29 is 9.59 Å². The minimum atomic E-state index is -0.358. The van der Waals surface area contributed by atoms with E-state index in [1.54, 1.807) is 30.3 Å². The Balaban J connectivity index is 1.57. The van der Waals surface area contributed by atoms with Crippen LogP contribution in [-0.4, -0.2) is 22.5 Å². The largest absolute Gasteiger partial charge is 0.297 e. The van der Waals surface area contributed by atoms with Crippen LogP contribution in [-0.2, 0) is 9.59 Å². The number of hydrogen-bond donors (Lipinski definition) is 1. The van der Waals surface area contributed by atoms with E-state index in [0.29, 0.717) is 28.0 Å². The van der Waals surface area contributed by atoms with Gasteiger partial charge in [-0.3, -0.25) is 14.9 Å². The van der Waals surface area contributed by atoms with E-state index in [1.165, 1.54) is 16.3 Å². The van der Waals surface area contributed by atoms with Crippen LogP contribution in [0.2, 0.25) is 5.02 Å². The van der Waals surface area contributed by atoms with Crippen LogP contribution in [0, 0.1) is 0 Å². The molecule has 26 heavy (non-hydrogen) atoms. The highest BCUT2D eigenvalue weighted by molar-refractivity contribution is 7.22. The molecular formula is C18H13ClN4O2S. The molecule has 1 aromatic heterocycles. The second kappa shape index (κ2) is 6.86. The van der Waals surface area contributed by atoms with Crippen molar-refractivity contribution >= 4 is 61.5 Å². The number of carbonyl (C=O) groups excluding carboxylic acids is 2. The van der Waals surface area contributed by atoms with Gasteiger partial charge in [-0.25, -0.2) is 9.99 Å². The van der Waals surface area contributed by atoms with Crippen LogP contribution in [0.4, 0.5) is 10.8 Å². The summed E-state index contributed by atoms with van der Waals surface area (Å²) in [5, 5.41) is 9.37. The maximum Gasteiger partial charge on any atom is 0.273 e. The van der Waals surface area contributed by atoms with Crippen LogP contribution in [0.5, 0.6) is 0 Å². The predicted octanol–water partition coefficient (Wildman–Crippen LogP) is 4.07. The van der Waals surface area contributed by atoms with E-state index in [0.717, 1.165) is 10.2 Å². The Morgan fingerprint density at radius 2 is 1.96 bits per heavy atom. The fraction of sp³-hybridized carbons (Fsp3) is 0.111. The molecule has 0 saturated heterocycles. The van der Waals surface area contributed by atoms with Crippen molar-refractivity contribution in [2.45, 2.75) is 12.8 Å². The average Bonchev–Trinajstić information content (AvgIpc) is 3.04.